The largest absolute Gasteiger partial charge is 0.412 e. The van der Waals surface area contributed by atoms with Crippen LogP contribution in [0.25, 0.3) is 0 Å². The third kappa shape index (κ3) is 2.56. The van der Waals surface area contributed by atoms with Crippen molar-refractivity contribution in [3.8, 4) is 0 Å². The Bertz CT molecular complexity index is 337. The van der Waals surface area contributed by atoms with Gasteiger partial charge < -0.3 is 9.73 Å². The van der Waals surface area contributed by atoms with Gasteiger partial charge in [-0.25, -0.2) is 5.10 Å². The zero-order chi connectivity index (χ0) is 9.26. The van der Waals surface area contributed by atoms with E-state index in [4.69, 9.17) is 16.6 Å². The highest BCUT2D eigenvalue weighted by molar-refractivity contribution is 7.71. The topological polar surface area (TPSA) is 53.9 Å². The fourth-order valence-electron chi connectivity index (χ4n) is 1.69. The zero-order valence-corrected chi connectivity index (χ0v) is 9.58. The van der Waals surface area contributed by atoms with Crippen molar-refractivity contribution in [2.24, 2.45) is 5.92 Å². The standard InChI is InChI=1S/C8H13N3OS.ClH/c1-5-2-3-9-6(4-5)7-10-11-8(13)12-7;/h5-6,9H,2-4H2,1H3,(H,11,13);1H/t5-,6-;/m1./s1. The summed E-state index contributed by atoms with van der Waals surface area (Å²) < 4.78 is 5.26. The fourth-order valence-corrected chi connectivity index (χ4v) is 1.82. The minimum Gasteiger partial charge on any atom is -0.412 e. The van der Waals surface area contributed by atoms with Crippen LogP contribution >= 0.6 is 24.6 Å². The molecule has 2 heterocycles. The summed E-state index contributed by atoms with van der Waals surface area (Å²) in [5.74, 6) is 1.42. The van der Waals surface area contributed by atoms with Crippen LogP contribution < -0.4 is 5.32 Å². The number of rotatable bonds is 1. The molecule has 1 aliphatic rings. The van der Waals surface area contributed by atoms with Crippen LogP contribution in [0.3, 0.4) is 0 Å². The minimum atomic E-state index is 0. The highest BCUT2D eigenvalue weighted by atomic mass is 35.5. The van der Waals surface area contributed by atoms with Crippen molar-refractivity contribution in [3.05, 3.63) is 10.7 Å². The van der Waals surface area contributed by atoms with Crippen molar-refractivity contribution in [1.82, 2.24) is 15.5 Å². The quantitative estimate of drug-likeness (QED) is 0.733. The number of halogens is 1. The van der Waals surface area contributed by atoms with Gasteiger partial charge in [0.1, 0.15) is 0 Å². The summed E-state index contributed by atoms with van der Waals surface area (Å²) >= 11 is 4.82. The molecule has 0 spiro atoms. The number of H-pyrrole nitrogens is 1. The predicted octanol–water partition coefficient (Wildman–Crippen LogP) is 2.21. The second-order valence-electron chi connectivity index (χ2n) is 3.59. The van der Waals surface area contributed by atoms with E-state index in [2.05, 4.69) is 22.4 Å². The molecule has 1 aliphatic heterocycles. The van der Waals surface area contributed by atoms with Crippen molar-refractivity contribution >= 4 is 24.6 Å². The van der Waals surface area contributed by atoms with Gasteiger partial charge in [0.25, 0.3) is 4.84 Å². The predicted molar refractivity (Wildman–Crippen MR) is 58.1 cm³/mol. The van der Waals surface area contributed by atoms with Gasteiger partial charge in [-0.05, 0) is 37.5 Å². The number of aromatic amines is 1. The molecule has 2 atom stereocenters. The highest BCUT2D eigenvalue weighted by Gasteiger charge is 2.23. The summed E-state index contributed by atoms with van der Waals surface area (Å²) in [5, 5.41) is 10.0. The minimum absolute atomic E-state index is 0. The van der Waals surface area contributed by atoms with Crippen LogP contribution in [0.15, 0.2) is 4.42 Å². The van der Waals surface area contributed by atoms with Gasteiger partial charge >= 0.3 is 0 Å². The first kappa shape index (κ1) is 11.7. The summed E-state index contributed by atoms with van der Waals surface area (Å²) in [4.78, 5) is 0.357. The van der Waals surface area contributed by atoms with E-state index in [9.17, 15) is 0 Å². The first-order valence-corrected chi connectivity index (χ1v) is 4.95. The molecule has 0 bridgehead atoms. The van der Waals surface area contributed by atoms with Crippen LogP contribution in [-0.4, -0.2) is 16.7 Å². The lowest BCUT2D eigenvalue weighted by Gasteiger charge is -2.25. The smallest absolute Gasteiger partial charge is 0.284 e. The molecule has 2 N–H and O–H groups in total. The van der Waals surface area contributed by atoms with Crippen LogP contribution in [0.4, 0.5) is 0 Å². The van der Waals surface area contributed by atoms with Crippen LogP contribution in [0.5, 0.6) is 0 Å². The summed E-state index contributed by atoms with van der Waals surface area (Å²) in [6.07, 6.45) is 2.30. The molecule has 1 aromatic rings. The molecule has 0 unspecified atom stereocenters. The molecule has 0 amide bonds. The molecule has 14 heavy (non-hydrogen) atoms. The Morgan fingerprint density at radius 2 is 2.36 bits per heavy atom. The van der Waals surface area contributed by atoms with Crippen molar-refractivity contribution in [2.75, 3.05) is 6.54 Å². The van der Waals surface area contributed by atoms with Gasteiger partial charge in [-0.2, -0.15) is 0 Å². The van der Waals surface area contributed by atoms with Crippen LogP contribution in [0.1, 0.15) is 31.7 Å². The van der Waals surface area contributed by atoms with Gasteiger partial charge in [0.05, 0.1) is 6.04 Å². The molecule has 0 aliphatic carbocycles. The summed E-state index contributed by atoms with van der Waals surface area (Å²) in [6.45, 7) is 3.27. The first-order valence-electron chi connectivity index (χ1n) is 4.54. The Kier molecular flexibility index (Phi) is 4.10. The number of hydrogen-bond donors (Lipinski definition) is 2. The van der Waals surface area contributed by atoms with Crippen LogP contribution in [0, 0.1) is 10.8 Å². The molecule has 1 saturated heterocycles. The van der Waals surface area contributed by atoms with E-state index in [1.54, 1.807) is 0 Å². The van der Waals surface area contributed by atoms with Crippen LogP contribution in [0.2, 0.25) is 0 Å². The summed E-state index contributed by atoms with van der Waals surface area (Å²) in [7, 11) is 0. The average Bonchev–Trinajstić information content (AvgIpc) is 2.52. The second kappa shape index (κ2) is 4.91. The lowest BCUT2D eigenvalue weighted by Crippen LogP contribution is -2.30. The number of piperidine rings is 1. The molecule has 2 rings (SSSR count). The van der Waals surface area contributed by atoms with E-state index < -0.39 is 0 Å². The normalized spacial score (nSPS) is 26.9. The molecular weight excluding hydrogens is 222 g/mol. The maximum Gasteiger partial charge on any atom is 0.284 e. The lowest BCUT2D eigenvalue weighted by molar-refractivity contribution is 0.281. The molecule has 1 aromatic heterocycles. The Labute approximate surface area is 93.9 Å². The van der Waals surface area contributed by atoms with E-state index in [-0.39, 0.29) is 18.4 Å². The van der Waals surface area contributed by atoms with Gasteiger partial charge in [0.15, 0.2) is 0 Å². The zero-order valence-electron chi connectivity index (χ0n) is 7.95. The van der Waals surface area contributed by atoms with Crippen LogP contribution in [-0.2, 0) is 0 Å². The van der Waals surface area contributed by atoms with Gasteiger partial charge in [0.2, 0.25) is 5.89 Å². The van der Waals surface area contributed by atoms with E-state index in [1.807, 2.05) is 0 Å². The Hall–Kier alpha value is -0.390. The van der Waals surface area contributed by atoms with Crippen molar-refractivity contribution < 1.29 is 4.42 Å². The SMILES string of the molecule is C[C@@H]1CCN[C@@H](c2n[nH]c(=S)o2)C1.Cl. The van der Waals surface area contributed by atoms with Gasteiger partial charge in [-0.3, -0.25) is 0 Å². The monoisotopic (exact) mass is 235 g/mol. The van der Waals surface area contributed by atoms with Gasteiger partial charge in [-0.1, -0.05) is 6.92 Å². The van der Waals surface area contributed by atoms with E-state index in [0.29, 0.717) is 10.7 Å². The van der Waals surface area contributed by atoms with Gasteiger partial charge in [0, 0.05) is 0 Å². The number of nitrogens with zero attached hydrogens (tertiary/aromatic N) is 1. The number of hydrogen-bond acceptors (Lipinski definition) is 4. The summed E-state index contributed by atoms with van der Waals surface area (Å²) in [5.41, 5.74) is 0. The molecule has 0 aromatic carbocycles. The Morgan fingerprint density at radius 1 is 1.57 bits per heavy atom. The van der Waals surface area contributed by atoms with Crippen molar-refractivity contribution in [3.63, 3.8) is 0 Å². The molecule has 0 saturated carbocycles. The summed E-state index contributed by atoms with van der Waals surface area (Å²) in [6, 6.07) is 0.233. The maximum absolute atomic E-state index is 5.26. The van der Waals surface area contributed by atoms with E-state index in [1.165, 1.54) is 6.42 Å². The average molecular weight is 236 g/mol. The van der Waals surface area contributed by atoms with E-state index in [0.717, 1.165) is 18.9 Å². The van der Waals surface area contributed by atoms with Crippen molar-refractivity contribution in [2.45, 2.75) is 25.8 Å². The number of nitrogens with one attached hydrogen (secondary N) is 2. The molecule has 80 valence electrons. The fraction of sp³-hybridized carbons (Fsp3) is 0.750. The molecule has 0 radical (unpaired) electrons. The molecule has 1 fully saturated rings. The lowest BCUT2D eigenvalue weighted by atomic mass is 9.94. The molecule has 4 nitrogen and oxygen atoms in total. The number of aromatic nitrogens is 2. The van der Waals surface area contributed by atoms with E-state index >= 15 is 0 Å². The Morgan fingerprint density at radius 3 is 2.93 bits per heavy atom. The highest BCUT2D eigenvalue weighted by Crippen LogP contribution is 2.25. The maximum atomic E-state index is 5.26. The van der Waals surface area contributed by atoms with Gasteiger partial charge in [-0.15, -0.1) is 17.5 Å². The molecule has 6 heteroatoms. The third-order valence-corrected chi connectivity index (χ3v) is 2.59. The Balaban J connectivity index is 0.000000980. The van der Waals surface area contributed by atoms with Crippen molar-refractivity contribution in [1.29, 1.82) is 0 Å². The third-order valence-electron chi connectivity index (χ3n) is 2.42. The molecular formula is C8H14ClN3OS. The second-order valence-corrected chi connectivity index (χ2v) is 3.96. The first-order chi connectivity index (χ1) is 6.25.